The molecular weight excluding hydrogens is 737 g/mol. The second-order valence-electron chi connectivity index (χ2n) is 13.1. The van der Waals surface area contributed by atoms with E-state index in [-0.39, 0.29) is 0 Å². The predicted molar refractivity (Wildman–Crippen MR) is 234 cm³/mol. The van der Waals surface area contributed by atoms with Gasteiger partial charge < -0.3 is 18.9 Å². The molecule has 0 saturated carbocycles. The molecule has 0 atom stereocenters. The lowest BCUT2D eigenvalue weighted by Crippen LogP contribution is -1.90. The Kier molecular flexibility index (Phi) is 9.36. The lowest BCUT2D eigenvalue weighted by Gasteiger charge is -2.15. The molecular formula is C48H36O4S3. The minimum Gasteiger partial charge on any atom is -0.497 e. The number of rotatable bonds is 10. The quantitative estimate of drug-likeness (QED) is 0.139. The Bertz CT molecular complexity index is 2450. The average molecular weight is 773 g/mol. The number of thiophene rings is 3. The molecule has 0 aliphatic heterocycles. The first-order valence-electron chi connectivity index (χ1n) is 17.9. The highest BCUT2D eigenvalue weighted by Crippen LogP contribution is 2.53. The summed E-state index contributed by atoms with van der Waals surface area (Å²) in [6, 6.07) is 51.5. The normalized spacial score (nSPS) is 11.3. The zero-order chi connectivity index (χ0) is 37.5. The van der Waals surface area contributed by atoms with Crippen LogP contribution in [-0.2, 0) is 0 Å². The van der Waals surface area contributed by atoms with Gasteiger partial charge in [-0.25, -0.2) is 0 Å². The summed E-state index contributed by atoms with van der Waals surface area (Å²) in [6.07, 6.45) is 0. The van der Waals surface area contributed by atoms with E-state index >= 15 is 0 Å². The summed E-state index contributed by atoms with van der Waals surface area (Å²) in [5.74, 6) is 3.36. The van der Waals surface area contributed by atoms with Crippen LogP contribution in [0.1, 0.15) is 0 Å². The first-order valence-corrected chi connectivity index (χ1v) is 20.3. The van der Waals surface area contributed by atoms with Gasteiger partial charge in [0, 0.05) is 30.3 Å². The van der Waals surface area contributed by atoms with Crippen LogP contribution in [0.4, 0.5) is 0 Å². The Hall–Kier alpha value is -5.86. The summed E-state index contributed by atoms with van der Waals surface area (Å²) < 4.78 is 27.3. The second kappa shape index (κ2) is 14.8. The fraction of sp³-hybridized carbons (Fsp3) is 0.0833. The van der Waals surface area contributed by atoms with Crippen molar-refractivity contribution in [3.63, 3.8) is 0 Å². The first kappa shape index (κ1) is 34.9. The number of benzene rings is 6. The van der Waals surface area contributed by atoms with E-state index in [1.54, 1.807) is 28.4 Å². The fourth-order valence-electron chi connectivity index (χ4n) is 7.26. The minimum absolute atomic E-state index is 0.841. The zero-order valence-electron chi connectivity index (χ0n) is 30.7. The van der Waals surface area contributed by atoms with Gasteiger partial charge in [-0.15, -0.1) is 34.0 Å². The molecule has 9 rings (SSSR count). The van der Waals surface area contributed by atoms with Crippen molar-refractivity contribution in [2.24, 2.45) is 0 Å². The van der Waals surface area contributed by atoms with Crippen LogP contribution >= 0.6 is 34.0 Å². The summed E-state index contributed by atoms with van der Waals surface area (Å²) in [6.45, 7) is 0. The van der Waals surface area contributed by atoms with Crippen LogP contribution in [0.2, 0.25) is 0 Å². The standard InChI is InChI=1S/C48H36O4S3/c1-49-33-19-11-29(12-20-33)37-7-5-8-38(30-13-21-34(50-2)22-14-30)45(37)41-27-43-47(54-41)48-44(53-43)28-42(55-48)46-39(31-15-23-35(51-3)24-16-31)9-6-10-40(46)32-17-25-36(52-4)26-18-32/h5-28H,1-4H3. The molecule has 0 N–H and O–H groups in total. The molecule has 3 aromatic heterocycles. The van der Waals surface area contributed by atoms with Crippen molar-refractivity contribution in [3.05, 3.63) is 146 Å². The highest BCUT2D eigenvalue weighted by Gasteiger charge is 2.22. The predicted octanol–water partition coefficient (Wildman–Crippen LogP) is 14.2. The minimum atomic E-state index is 0.841. The first-order chi connectivity index (χ1) is 27.0. The number of hydrogen-bond donors (Lipinski definition) is 0. The van der Waals surface area contributed by atoms with Gasteiger partial charge in [0.1, 0.15) is 23.0 Å². The molecule has 3 heterocycles. The Morgan fingerprint density at radius 1 is 0.327 bits per heavy atom. The van der Waals surface area contributed by atoms with E-state index in [2.05, 4.69) is 97.1 Å². The summed E-state index contributed by atoms with van der Waals surface area (Å²) in [5, 5.41) is 0. The number of ether oxygens (including phenoxy) is 4. The van der Waals surface area contributed by atoms with E-state index in [9.17, 15) is 0 Å². The third-order valence-corrected chi connectivity index (χ3v) is 13.9. The van der Waals surface area contributed by atoms with Gasteiger partial charge in [0.05, 0.1) is 37.8 Å². The van der Waals surface area contributed by atoms with Gasteiger partial charge in [-0.3, -0.25) is 0 Å². The van der Waals surface area contributed by atoms with Crippen molar-refractivity contribution in [2.45, 2.75) is 0 Å². The molecule has 0 spiro atoms. The third-order valence-electron chi connectivity index (χ3n) is 10.0. The van der Waals surface area contributed by atoms with Crippen LogP contribution in [0.25, 0.3) is 84.2 Å². The largest absolute Gasteiger partial charge is 0.497 e. The summed E-state index contributed by atoms with van der Waals surface area (Å²) in [4.78, 5) is 2.49. The molecule has 270 valence electrons. The van der Waals surface area contributed by atoms with Gasteiger partial charge in [-0.2, -0.15) is 0 Å². The molecule has 0 bridgehead atoms. The molecule has 9 aromatic rings. The molecule has 0 amide bonds. The second-order valence-corrected chi connectivity index (χ2v) is 16.3. The monoisotopic (exact) mass is 772 g/mol. The van der Waals surface area contributed by atoms with E-state index in [0.717, 1.165) is 45.3 Å². The highest BCUT2D eigenvalue weighted by atomic mass is 32.1. The van der Waals surface area contributed by atoms with E-state index in [1.165, 1.54) is 61.9 Å². The number of fused-ring (bicyclic) bond motifs is 3. The van der Waals surface area contributed by atoms with Crippen LogP contribution in [0.3, 0.4) is 0 Å². The molecule has 0 radical (unpaired) electrons. The van der Waals surface area contributed by atoms with E-state index in [0.29, 0.717) is 0 Å². The van der Waals surface area contributed by atoms with Crippen LogP contribution < -0.4 is 18.9 Å². The van der Waals surface area contributed by atoms with Crippen LogP contribution in [0.15, 0.2) is 146 Å². The van der Waals surface area contributed by atoms with Crippen molar-refractivity contribution in [3.8, 4) is 88.4 Å². The van der Waals surface area contributed by atoms with Crippen LogP contribution in [-0.4, -0.2) is 28.4 Å². The van der Waals surface area contributed by atoms with Crippen molar-refractivity contribution < 1.29 is 18.9 Å². The maximum Gasteiger partial charge on any atom is 0.118 e. The highest BCUT2D eigenvalue weighted by molar-refractivity contribution is 7.40. The third kappa shape index (κ3) is 6.44. The summed E-state index contributed by atoms with van der Waals surface area (Å²) in [7, 11) is 6.82. The molecule has 0 fully saturated rings. The molecule has 7 heteroatoms. The van der Waals surface area contributed by atoms with E-state index in [4.69, 9.17) is 18.9 Å². The smallest absolute Gasteiger partial charge is 0.118 e. The summed E-state index contributed by atoms with van der Waals surface area (Å²) >= 11 is 5.64. The SMILES string of the molecule is COc1ccc(-c2cccc(-c3ccc(OC)cc3)c2-c2cc3sc4cc(-c5c(-c6ccc(OC)cc6)cccc5-c5ccc(OC)cc5)sc4c3s2)cc1. The molecule has 6 aromatic carbocycles. The van der Waals surface area contributed by atoms with Crippen LogP contribution in [0.5, 0.6) is 23.0 Å². The Labute approximate surface area is 332 Å². The van der Waals surface area contributed by atoms with Crippen LogP contribution in [0, 0.1) is 0 Å². The van der Waals surface area contributed by atoms with Gasteiger partial charge in [0.2, 0.25) is 0 Å². The van der Waals surface area contributed by atoms with E-state index in [1.807, 2.05) is 82.5 Å². The molecule has 0 aliphatic rings. The molecule has 0 unspecified atom stereocenters. The molecule has 4 nitrogen and oxygen atoms in total. The van der Waals surface area contributed by atoms with Gasteiger partial charge in [0.15, 0.2) is 0 Å². The molecule has 0 saturated heterocycles. The molecule has 55 heavy (non-hydrogen) atoms. The maximum absolute atomic E-state index is 5.51. The summed E-state index contributed by atoms with van der Waals surface area (Å²) in [5.41, 5.74) is 11.8. The van der Waals surface area contributed by atoms with Crippen molar-refractivity contribution >= 4 is 52.8 Å². The lowest BCUT2D eigenvalue weighted by molar-refractivity contribution is 0.415. The Morgan fingerprint density at radius 2 is 0.600 bits per heavy atom. The van der Waals surface area contributed by atoms with Gasteiger partial charge >= 0.3 is 0 Å². The maximum atomic E-state index is 5.51. The van der Waals surface area contributed by atoms with Crippen molar-refractivity contribution in [1.29, 1.82) is 0 Å². The average Bonchev–Trinajstić information content (AvgIpc) is 3.94. The zero-order valence-corrected chi connectivity index (χ0v) is 33.2. The fourth-order valence-corrected chi connectivity index (χ4v) is 11.4. The van der Waals surface area contributed by atoms with Gasteiger partial charge in [-0.1, -0.05) is 84.9 Å². The Morgan fingerprint density at radius 3 is 0.855 bits per heavy atom. The van der Waals surface area contributed by atoms with Gasteiger partial charge in [0.25, 0.3) is 0 Å². The van der Waals surface area contributed by atoms with Gasteiger partial charge in [-0.05, 0) is 105 Å². The lowest BCUT2D eigenvalue weighted by atomic mass is 9.91. The number of hydrogen-bond acceptors (Lipinski definition) is 7. The van der Waals surface area contributed by atoms with Crippen molar-refractivity contribution in [2.75, 3.05) is 28.4 Å². The number of methoxy groups -OCH3 is 4. The Balaban J connectivity index is 1.22. The van der Waals surface area contributed by atoms with Crippen molar-refractivity contribution in [1.82, 2.24) is 0 Å². The topological polar surface area (TPSA) is 36.9 Å². The molecule has 0 aliphatic carbocycles. The van der Waals surface area contributed by atoms with E-state index < -0.39 is 0 Å².